The summed E-state index contributed by atoms with van der Waals surface area (Å²) in [7, 11) is -6.19. The number of primary sulfonamides is 2. The largest absolute Gasteiger partial charge is 0.300 e. The number of anilines is 1. The number of hydrogen-bond acceptors (Lipinski definition) is 11. The summed E-state index contributed by atoms with van der Waals surface area (Å²) < 4.78 is 44.3. The minimum absolute atomic E-state index is 0. The molecule has 2 heterocycles. The number of hydrogen-bond donors (Lipinski definition) is 3. The Balaban J connectivity index is 0.000000584. The second-order valence-electron chi connectivity index (χ2n) is 6.49. The van der Waals surface area contributed by atoms with E-state index in [9.17, 15) is 26.4 Å². The Morgan fingerprint density at radius 1 is 0.969 bits per heavy atom. The van der Waals surface area contributed by atoms with Crippen molar-refractivity contribution < 1.29 is 26.4 Å². The first-order valence-corrected chi connectivity index (χ1v) is 13.1. The maximum Gasteiger partial charge on any atom is 0.267 e. The second-order valence-corrected chi connectivity index (χ2v) is 11.9. The van der Waals surface area contributed by atoms with Crippen molar-refractivity contribution in [3.8, 4) is 0 Å². The SMILES string of the molecule is C.CC(C)C(=O)N=c1sc(S(N)(=O)=O)nn1C.CC(C)C(=O)Nc1nnc(S(N)(=O)=O)s1. The molecule has 5 N–H and O–H groups in total. The molecule has 0 spiro atoms. The third-order valence-corrected chi connectivity index (χ3v) is 7.49. The molecule has 0 aliphatic rings. The highest BCUT2D eigenvalue weighted by atomic mass is 32.3. The highest BCUT2D eigenvalue weighted by molar-refractivity contribution is 7.91. The topological polar surface area (TPSA) is 222 Å². The zero-order chi connectivity index (χ0) is 24.1. The maximum absolute atomic E-state index is 11.3. The van der Waals surface area contributed by atoms with Crippen molar-refractivity contribution in [1.82, 2.24) is 20.0 Å². The lowest BCUT2D eigenvalue weighted by Gasteiger charge is -2.02. The van der Waals surface area contributed by atoms with Crippen molar-refractivity contribution in [2.45, 2.75) is 43.8 Å². The van der Waals surface area contributed by atoms with Crippen LogP contribution in [-0.2, 0) is 36.7 Å². The van der Waals surface area contributed by atoms with Gasteiger partial charge in [0, 0.05) is 18.9 Å². The van der Waals surface area contributed by atoms with Crippen LogP contribution < -0.4 is 20.4 Å². The van der Waals surface area contributed by atoms with Crippen molar-refractivity contribution in [1.29, 1.82) is 0 Å². The monoisotopic (exact) mass is 530 g/mol. The molecule has 2 aromatic heterocycles. The standard InChI is InChI=1S/C7H12N4O3S2.C6H10N4O3S2.CH4/c1-4(2)5(12)9-6-11(3)10-7(15-6)16(8,13)14;1-3(2)4(11)8-5-9-10-6(14-5)15(7,12)13;/h4H,1-3H3,(H2,8,13,14);3H,1-2H3,(H2,7,12,13)(H,8,9,11);1H4. The molecule has 0 saturated heterocycles. The summed E-state index contributed by atoms with van der Waals surface area (Å²) in [6.07, 6.45) is 0. The Bertz CT molecular complexity index is 1220. The van der Waals surface area contributed by atoms with Crippen LogP contribution in [0.2, 0.25) is 0 Å². The third kappa shape index (κ3) is 9.17. The van der Waals surface area contributed by atoms with Gasteiger partial charge in [0.1, 0.15) is 0 Å². The Morgan fingerprint density at radius 3 is 1.88 bits per heavy atom. The van der Waals surface area contributed by atoms with Gasteiger partial charge in [0.05, 0.1) is 0 Å². The van der Waals surface area contributed by atoms with E-state index in [1.165, 1.54) is 11.7 Å². The number of rotatable bonds is 5. The van der Waals surface area contributed by atoms with Gasteiger partial charge in [-0.15, -0.1) is 15.3 Å². The average Bonchev–Trinajstić information content (AvgIpc) is 3.22. The molecule has 2 rings (SSSR count). The van der Waals surface area contributed by atoms with Gasteiger partial charge in [-0.3, -0.25) is 9.59 Å². The molecule has 0 bridgehead atoms. The van der Waals surface area contributed by atoms with Crippen LogP contribution in [0, 0.1) is 11.8 Å². The first-order chi connectivity index (χ1) is 14.0. The Hall–Kier alpha value is -2.12. The molecule has 32 heavy (non-hydrogen) atoms. The quantitative estimate of drug-likeness (QED) is 0.428. The van der Waals surface area contributed by atoms with Gasteiger partial charge in [0.2, 0.25) is 24.5 Å². The van der Waals surface area contributed by atoms with E-state index >= 15 is 0 Å². The fourth-order valence-electron chi connectivity index (χ4n) is 1.39. The molecule has 0 radical (unpaired) electrons. The van der Waals surface area contributed by atoms with Gasteiger partial charge in [-0.05, 0) is 0 Å². The number of aryl methyl sites for hydroxylation is 1. The molecule has 14 nitrogen and oxygen atoms in total. The predicted octanol–water partition coefficient (Wildman–Crippen LogP) is -0.372. The first kappa shape index (κ1) is 29.9. The van der Waals surface area contributed by atoms with Gasteiger partial charge in [-0.25, -0.2) is 31.8 Å². The molecule has 0 unspecified atom stereocenters. The minimum atomic E-state index is -3.85. The van der Waals surface area contributed by atoms with Gasteiger partial charge in [0.15, 0.2) is 0 Å². The van der Waals surface area contributed by atoms with Crippen LogP contribution in [0.15, 0.2) is 13.7 Å². The van der Waals surface area contributed by atoms with Crippen LogP contribution in [0.25, 0.3) is 0 Å². The fraction of sp³-hybridized carbons (Fsp3) is 0.571. The molecule has 0 aromatic carbocycles. The first-order valence-electron chi connectivity index (χ1n) is 8.35. The van der Waals surface area contributed by atoms with Crippen molar-refractivity contribution in [2.24, 2.45) is 34.2 Å². The van der Waals surface area contributed by atoms with Crippen LogP contribution in [0.4, 0.5) is 5.13 Å². The highest BCUT2D eigenvalue weighted by Crippen LogP contribution is 2.18. The smallest absolute Gasteiger partial charge is 0.267 e. The van der Waals surface area contributed by atoms with E-state index in [1.54, 1.807) is 27.7 Å². The van der Waals surface area contributed by atoms with Crippen LogP contribution in [-0.4, -0.2) is 48.6 Å². The molecule has 0 aliphatic heterocycles. The second kappa shape index (κ2) is 11.7. The molecular weight excluding hydrogens is 504 g/mol. The number of nitrogens with two attached hydrogens (primary N) is 2. The fourth-order valence-corrected chi connectivity index (χ4v) is 4.28. The zero-order valence-electron chi connectivity index (χ0n) is 17.1. The van der Waals surface area contributed by atoms with Crippen LogP contribution in [0.5, 0.6) is 0 Å². The summed E-state index contributed by atoms with van der Waals surface area (Å²) in [6.45, 7) is 6.81. The lowest BCUT2D eigenvalue weighted by molar-refractivity contribution is -0.121. The van der Waals surface area contributed by atoms with Crippen LogP contribution in [0.1, 0.15) is 35.1 Å². The van der Waals surface area contributed by atoms with E-state index in [0.29, 0.717) is 0 Å². The van der Waals surface area contributed by atoms with E-state index in [2.05, 4.69) is 25.6 Å². The van der Waals surface area contributed by atoms with Crippen molar-refractivity contribution in [2.75, 3.05) is 5.32 Å². The zero-order valence-corrected chi connectivity index (χ0v) is 20.4. The summed E-state index contributed by atoms with van der Waals surface area (Å²) in [5, 5.41) is 22.8. The van der Waals surface area contributed by atoms with Crippen molar-refractivity contribution >= 4 is 59.7 Å². The minimum Gasteiger partial charge on any atom is -0.300 e. The summed E-state index contributed by atoms with van der Waals surface area (Å²) in [5.74, 6) is -1.06. The third-order valence-electron chi connectivity index (χ3n) is 3.03. The van der Waals surface area contributed by atoms with Gasteiger partial charge in [-0.2, -0.15) is 4.99 Å². The van der Waals surface area contributed by atoms with E-state index < -0.39 is 20.0 Å². The van der Waals surface area contributed by atoms with Crippen molar-refractivity contribution in [3.63, 3.8) is 0 Å². The van der Waals surface area contributed by atoms with Gasteiger partial charge in [-0.1, -0.05) is 57.8 Å². The number of sulfonamides is 2. The predicted molar refractivity (Wildman–Crippen MR) is 119 cm³/mol. The number of nitrogens with one attached hydrogen (secondary N) is 1. The molecular formula is C14H26N8O6S4. The average molecular weight is 531 g/mol. The summed E-state index contributed by atoms with van der Waals surface area (Å²) in [4.78, 5) is 26.5. The Kier molecular flexibility index (Phi) is 10.9. The number of nitrogens with zero attached hydrogens (tertiary/aromatic N) is 5. The lowest BCUT2D eigenvalue weighted by atomic mass is 10.2. The molecule has 0 aliphatic carbocycles. The number of carbonyl (C=O) groups excluding carboxylic acids is 2. The summed E-state index contributed by atoms with van der Waals surface area (Å²) >= 11 is 1.48. The summed E-state index contributed by atoms with van der Waals surface area (Å²) in [6, 6.07) is 0. The molecule has 0 atom stereocenters. The molecule has 2 amide bonds. The molecule has 182 valence electrons. The van der Waals surface area contributed by atoms with E-state index in [-0.39, 0.29) is 49.7 Å². The lowest BCUT2D eigenvalue weighted by Crippen LogP contribution is -2.17. The molecule has 18 heteroatoms. The van der Waals surface area contributed by atoms with Gasteiger partial charge >= 0.3 is 0 Å². The maximum atomic E-state index is 11.3. The van der Waals surface area contributed by atoms with Crippen molar-refractivity contribution in [3.05, 3.63) is 4.80 Å². The molecule has 0 saturated carbocycles. The number of carbonyl (C=O) groups is 2. The Morgan fingerprint density at radius 2 is 1.50 bits per heavy atom. The Labute approximate surface area is 193 Å². The molecule has 0 fully saturated rings. The summed E-state index contributed by atoms with van der Waals surface area (Å²) in [5.41, 5.74) is 0. The van der Waals surface area contributed by atoms with Crippen LogP contribution in [0.3, 0.4) is 0 Å². The molecule has 2 aromatic rings. The van der Waals surface area contributed by atoms with Gasteiger partial charge in [0.25, 0.3) is 26.0 Å². The van der Waals surface area contributed by atoms with Gasteiger partial charge < -0.3 is 5.32 Å². The van der Waals surface area contributed by atoms with E-state index in [0.717, 1.165) is 22.7 Å². The highest BCUT2D eigenvalue weighted by Gasteiger charge is 2.17. The van der Waals surface area contributed by atoms with E-state index in [4.69, 9.17) is 10.3 Å². The normalized spacial score (nSPS) is 12.2. The number of aromatic nitrogens is 4. The van der Waals surface area contributed by atoms with Crippen LogP contribution >= 0.6 is 22.7 Å². The van der Waals surface area contributed by atoms with E-state index in [1.807, 2.05) is 0 Å². The number of amides is 2.